The van der Waals surface area contributed by atoms with Gasteiger partial charge in [-0.05, 0) is 37.4 Å². The Balaban J connectivity index is 4.31. The maximum Gasteiger partial charge on any atom is 0.305 e. The first-order valence-electron chi connectivity index (χ1n) is 11.4. The summed E-state index contributed by atoms with van der Waals surface area (Å²) in [7, 11) is -0.254. The normalized spacial score (nSPS) is 13.6. The molecule has 0 fully saturated rings. The fraction of sp³-hybridized carbons (Fsp3) is 0.957. The Morgan fingerprint density at radius 3 is 1.81 bits per heavy atom. The molecule has 1 unspecified atom stereocenters. The molecule has 0 amide bonds. The van der Waals surface area contributed by atoms with E-state index in [4.69, 9.17) is 9.16 Å². The molecule has 0 saturated carbocycles. The van der Waals surface area contributed by atoms with Crippen LogP contribution in [0.4, 0.5) is 0 Å². The number of rotatable bonds is 16. The maximum absolute atomic E-state index is 11.2. The van der Waals surface area contributed by atoms with Crippen LogP contribution in [0, 0.1) is 0 Å². The summed E-state index contributed by atoms with van der Waals surface area (Å²) in [6.45, 7) is 14.0. The third kappa shape index (κ3) is 13.5. The van der Waals surface area contributed by atoms with Crippen molar-refractivity contribution in [2.45, 2.75) is 135 Å². The van der Waals surface area contributed by atoms with Gasteiger partial charge in [-0.2, -0.15) is 0 Å². The molecule has 0 aliphatic heterocycles. The quantitative estimate of drug-likeness (QED) is 0.152. The Kier molecular flexibility index (Phi) is 14.4. The van der Waals surface area contributed by atoms with Crippen LogP contribution >= 0.6 is 0 Å². The number of methoxy groups -OCH3 is 1. The van der Waals surface area contributed by atoms with Crippen LogP contribution in [0.3, 0.4) is 0 Å². The minimum atomic E-state index is -1.72. The zero-order valence-electron chi connectivity index (χ0n) is 19.5. The van der Waals surface area contributed by atoms with E-state index >= 15 is 0 Å². The summed E-state index contributed by atoms with van der Waals surface area (Å²) >= 11 is 0. The van der Waals surface area contributed by atoms with Crippen LogP contribution in [0.25, 0.3) is 0 Å². The van der Waals surface area contributed by atoms with E-state index in [0.717, 1.165) is 25.7 Å². The van der Waals surface area contributed by atoms with Crippen LogP contribution in [0.15, 0.2) is 0 Å². The van der Waals surface area contributed by atoms with E-state index in [0.29, 0.717) is 12.5 Å². The highest BCUT2D eigenvalue weighted by Crippen LogP contribution is 2.38. The van der Waals surface area contributed by atoms with Crippen LogP contribution in [0.1, 0.15) is 111 Å². The molecule has 4 heteroatoms. The van der Waals surface area contributed by atoms with Crippen LogP contribution in [0.5, 0.6) is 0 Å². The Hall–Kier alpha value is -0.353. The van der Waals surface area contributed by atoms with E-state index in [2.05, 4.69) is 40.8 Å². The predicted octanol–water partition coefficient (Wildman–Crippen LogP) is 7.64. The number of ether oxygens (including phenoxy) is 1. The first-order chi connectivity index (χ1) is 12.6. The molecule has 0 radical (unpaired) electrons. The predicted molar refractivity (Wildman–Crippen MR) is 120 cm³/mol. The van der Waals surface area contributed by atoms with Gasteiger partial charge in [-0.1, -0.05) is 85.5 Å². The molecule has 3 nitrogen and oxygen atoms in total. The molecule has 1 atom stereocenters. The van der Waals surface area contributed by atoms with E-state index < -0.39 is 8.32 Å². The fourth-order valence-corrected chi connectivity index (χ4v) is 4.53. The zero-order valence-corrected chi connectivity index (χ0v) is 20.5. The number of esters is 1. The molecular weight excluding hydrogens is 352 g/mol. The number of unbranched alkanes of at least 4 members (excludes halogenated alkanes) is 8. The number of hydrogen-bond donors (Lipinski definition) is 0. The van der Waals surface area contributed by atoms with Crippen molar-refractivity contribution >= 4 is 14.3 Å². The second-order valence-electron chi connectivity index (χ2n) is 9.59. The first-order valence-corrected chi connectivity index (χ1v) is 14.3. The lowest BCUT2D eigenvalue weighted by Crippen LogP contribution is -2.44. The van der Waals surface area contributed by atoms with Gasteiger partial charge in [0.15, 0.2) is 8.32 Å². The topological polar surface area (TPSA) is 35.5 Å². The molecule has 0 heterocycles. The Morgan fingerprint density at radius 2 is 1.33 bits per heavy atom. The minimum Gasteiger partial charge on any atom is -0.469 e. The molecule has 0 aliphatic carbocycles. The van der Waals surface area contributed by atoms with Crippen molar-refractivity contribution in [1.82, 2.24) is 0 Å². The monoisotopic (exact) mass is 400 g/mol. The van der Waals surface area contributed by atoms with Crippen molar-refractivity contribution in [2.24, 2.45) is 0 Å². The third-order valence-corrected chi connectivity index (χ3v) is 10.6. The van der Waals surface area contributed by atoms with Gasteiger partial charge in [0.05, 0.1) is 7.11 Å². The van der Waals surface area contributed by atoms with E-state index in [1.54, 1.807) is 0 Å². The lowest BCUT2D eigenvalue weighted by atomic mass is 10.0. The van der Waals surface area contributed by atoms with Gasteiger partial charge in [0, 0.05) is 12.5 Å². The lowest BCUT2D eigenvalue weighted by Gasteiger charge is -2.39. The summed E-state index contributed by atoms with van der Waals surface area (Å²) in [5, 5.41) is 0.260. The molecule has 162 valence electrons. The number of hydrogen-bond acceptors (Lipinski definition) is 3. The third-order valence-electron chi connectivity index (χ3n) is 6.03. The highest BCUT2D eigenvalue weighted by molar-refractivity contribution is 6.74. The standard InChI is InChI=1S/C23H48O3Si/c1-8-9-10-11-12-13-15-18-21(26-27(6,7)23(2,3)4)19-16-14-17-20-22(24)25-5/h21H,8-20H2,1-7H3. The smallest absolute Gasteiger partial charge is 0.305 e. The van der Waals surface area contributed by atoms with Crippen molar-refractivity contribution in [3.8, 4) is 0 Å². The summed E-state index contributed by atoms with van der Waals surface area (Å²) in [5.74, 6) is -0.0906. The summed E-state index contributed by atoms with van der Waals surface area (Å²) in [6.07, 6.45) is 15.9. The van der Waals surface area contributed by atoms with Crippen LogP contribution in [-0.4, -0.2) is 27.5 Å². The van der Waals surface area contributed by atoms with Crippen molar-refractivity contribution in [3.05, 3.63) is 0 Å². The highest BCUT2D eigenvalue weighted by Gasteiger charge is 2.38. The largest absolute Gasteiger partial charge is 0.469 e. The number of carbonyl (C=O) groups is 1. The van der Waals surface area contributed by atoms with Gasteiger partial charge in [0.25, 0.3) is 0 Å². The minimum absolute atomic E-state index is 0.0906. The van der Waals surface area contributed by atoms with Crippen molar-refractivity contribution in [3.63, 3.8) is 0 Å². The average molecular weight is 401 g/mol. The van der Waals surface area contributed by atoms with E-state index in [-0.39, 0.29) is 11.0 Å². The second kappa shape index (κ2) is 14.6. The van der Waals surface area contributed by atoms with Crippen molar-refractivity contribution < 1.29 is 14.0 Å². The van der Waals surface area contributed by atoms with Gasteiger partial charge in [-0.25, -0.2) is 0 Å². The van der Waals surface area contributed by atoms with Gasteiger partial charge >= 0.3 is 5.97 Å². The Labute approximate surface area is 171 Å². The van der Waals surface area contributed by atoms with Crippen LogP contribution in [0.2, 0.25) is 18.1 Å². The second-order valence-corrected chi connectivity index (χ2v) is 14.3. The van der Waals surface area contributed by atoms with Gasteiger partial charge in [0.2, 0.25) is 0 Å². The van der Waals surface area contributed by atoms with E-state index in [9.17, 15) is 4.79 Å². The number of carbonyl (C=O) groups excluding carboxylic acids is 1. The summed E-state index contributed by atoms with van der Waals surface area (Å²) < 4.78 is 11.5. The average Bonchev–Trinajstić information content (AvgIpc) is 2.58. The molecule has 0 rings (SSSR count). The molecule has 0 N–H and O–H groups in total. The molecular formula is C23H48O3Si. The Morgan fingerprint density at radius 1 is 0.852 bits per heavy atom. The molecule has 0 aliphatic rings. The van der Waals surface area contributed by atoms with Crippen LogP contribution < -0.4 is 0 Å². The maximum atomic E-state index is 11.2. The molecule has 27 heavy (non-hydrogen) atoms. The zero-order chi connectivity index (χ0) is 20.8. The molecule has 0 aromatic carbocycles. The highest BCUT2D eigenvalue weighted by atomic mass is 28.4. The fourth-order valence-electron chi connectivity index (χ4n) is 3.10. The molecule has 0 aromatic rings. The van der Waals surface area contributed by atoms with Crippen molar-refractivity contribution in [2.75, 3.05) is 7.11 Å². The summed E-state index contributed by atoms with van der Waals surface area (Å²) in [6, 6.07) is 0. The van der Waals surface area contributed by atoms with Crippen molar-refractivity contribution in [1.29, 1.82) is 0 Å². The molecule has 0 bridgehead atoms. The summed E-state index contributed by atoms with van der Waals surface area (Å²) in [4.78, 5) is 11.2. The molecule has 0 saturated heterocycles. The van der Waals surface area contributed by atoms with E-state index in [1.165, 1.54) is 58.5 Å². The van der Waals surface area contributed by atoms with Crippen LogP contribution in [-0.2, 0) is 14.0 Å². The first kappa shape index (κ1) is 26.6. The molecule has 0 spiro atoms. The van der Waals surface area contributed by atoms with Gasteiger partial charge in [-0.15, -0.1) is 0 Å². The SMILES string of the molecule is CCCCCCCCCC(CCCCCC(=O)OC)O[Si](C)(C)C(C)(C)C. The van der Waals surface area contributed by atoms with Gasteiger partial charge < -0.3 is 9.16 Å². The lowest BCUT2D eigenvalue weighted by molar-refractivity contribution is -0.140. The Bertz CT molecular complexity index is 374. The van der Waals surface area contributed by atoms with Gasteiger partial charge in [-0.3, -0.25) is 4.79 Å². The van der Waals surface area contributed by atoms with E-state index in [1.807, 2.05) is 0 Å². The molecule has 0 aromatic heterocycles. The van der Waals surface area contributed by atoms with Gasteiger partial charge in [0.1, 0.15) is 0 Å². The summed E-state index contributed by atoms with van der Waals surface area (Å²) in [5.41, 5.74) is 0.